The van der Waals surface area contributed by atoms with E-state index < -0.39 is 6.03 Å². The van der Waals surface area contributed by atoms with E-state index in [9.17, 15) is 19.2 Å². The molecule has 1 aromatic carbocycles. The van der Waals surface area contributed by atoms with Crippen LogP contribution in [0.2, 0.25) is 0 Å². The molecule has 0 radical (unpaired) electrons. The summed E-state index contributed by atoms with van der Waals surface area (Å²) in [5.74, 6) is -0.0785. The van der Waals surface area contributed by atoms with E-state index in [1.54, 1.807) is 31.4 Å². The van der Waals surface area contributed by atoms with Gasteiger partial charge in [0.1, 0.15) is 12.3 Å². The lowest BCUT2D eigenvalue weighted by Gasteiger charge is -2.33. The van der Waals surface area contributed by atoms with Gasteiger partial charge in [0.25, 0.3) is 11.8 Å². The van der Waals surface area contributed by atoms with Crippen LogP contribution in [0.1, 0.15) is 29.6 Å². The Balaban J connectivity index is 1.28. The zero-order chi connectivity index (χ0) is 20.6. The number of carbonyl (C=O) groups is 4. The topological polar surface area (TPSA) is 108 Å². The second-order valence-electron chi connectivity index (χ2n) is 7.85. The second kappa shape index (κ2) is 7.38. The Morgan fingerprint density at radius 1 is 1.28 bits per heavy atom. The minimum Gasteiger partial charge on any atom is -0.497 e. The normalized spacial score (nSPS) is 22.4. The van der Waals surface area contributed by atoms with Crippen LogP contribution in [0.3, 0.4) is 0 Å². The maximum absolute atomic E-state index is 12.7. The van der Waals surface area contributed by atoms with Crippen molar-refractivity contribution < 1.29 is 23.9 Å². The first kappa shape index (κ1) is 19.2. The van der Waals surface area contributed by atoms with Crippen molar-refractivity contribution in [2.75, 3.05) is 33.3 Å². The molecular formula is C20H24N4O5. The summed E-state index contributed by atoms with van der Waals surface area (Å²) in [6.07, 6.45) is 2.49. The van der Waals surface area contributed by atoms with Crippen LogP contribution in [0, 0.1) is 5.41 Å². The van der Waals surface area contributed by atoms with E-state index in [0.29, 0.717) is 24.4 Å². The molecule has 3 fully saturated rings. The quantitative estimate of drug-likeness (QED) is 0.694. The van der Waals surface area contributed by atoms with Crippen molar-refractivity contribution in [1.82, 2.24) is 20.4 Å². The number of likely N-dealkylation sites (tertiary alicyclic amines) is 1. The molecule has 2 heterocycles. The predicted octanol–water partition coefficient (Wildman–Crippen LogP) is 0.358. The van der Waals surface area contributed by atoms with Crippen molar-refractivity contribution in [3.8, 4) is 5.75 Å². The third kappa shape index (κ3) is 3.76. The monoisotopic (exact) mass is 400 g/mol. The Morgan fingerprint density at radius 2 is 2.03 bits per heavy atom. The fraction of sp³-hybridized carbons (Fsp3) is 0.500. The molecule has 1 atom stereocenters. The van der Waals surface area contributed by atoms with E-state index >= 15 is 0 Å². The summed E-state index contributed by atoms with van der Waals surface area (Å²) in [6, 6.07) is 6.63. The van der Waals surface area contributed by atoms with Gasteiger partial charge in [-0.15, -0.1) is 0 Å². The summed E-state index contributed by atoms with van der Waals surface area (Å²) >= 11 is 0. The maximum Gasteiger partial charge on any atom is 0.325 e. The van der Waals surface area contributed by atoms with Crippen molar-refractivity contribution in [2.24, 2.45) is 5.41 Å². The molecule has 1 unspecified atom stereocenters. The molecule has 9 heteroatoms. The molecular weight excluding hydrogens is 376 g/mol. The van der Waals surface area contributed by atoms with Gasteiger partial charge in [0.15, 0.2) is 0 Å². The smallest absolute Gasteiger partial charge is 0.325 e. The Bertz CT molecular complexity index is 846. The van der Waals surface area contributed by atoms with Crippen LogP contribution in [-0.2, 0) is 9.59 Å². The third-order valence-corrected chi connectivity index (χ3v) is 6.13. The van der Waals surface area contributed by atoms with Gasteiger partial charge in [-0.25, -0.2) is 4.79 Å². The summed E-state index contributed by atoms with van der Waals surface area (Å²) in [4.78, 5) is 50.9. The zero-order valence-corrected chi connectivity index (χ0v) is 16.3. The highest BCUT2D eigenvalue weighted by Gasteiger charge is 2.56. The molecule has 1 saturated carbocycles. The van der Waals surface area contributed by atoms with E-state index in [1.165, 1.54) is 0 Å². The molecule has 29 heavy (non-hydrogen) atoms. The number of carbonyl (C=O) groups excluding carboxylic acids is 4. The van der Waals surface area contributed by atoms with Gasteiger partial charge in [0.2, 0.25) is 5.91 Å². The SMILES string of the molecule is COc1cccc(C(=O)N2CCC3(CC2)CC3NC(=O)CN2C(=O)CNC2=O)c1. The zero-order valence-electron chi connectivity index (χ0n) is 16.3. The lowest BCUT2D eigenvalue weighted by atomic mass is 9.92. The number of piperidine rings is 1. The van der Waals surface area contributed by atoms with E-state index in [-0.39, 0.29) is 42.3 Å². The molecule has 154 valence electrons. The molecule has 4 rings (SSSR count). The highest BCUT2D eigenvalue weighted by atomic mass is 16.5. The van der Waals surface area contributed by atoms with E-state index in [1.807, 2.05) is 4.90 Å². The Morgan fingerprint density at radius 3 is 2.69 bits per heavy atom. The van der Waals surface area contributed by atoms with E-state index in [2.05, 4.69) is 10.6 Å². The van der Waals surface area contributed by atoms with E-state index in [4.69, 9.17) is 4.74 Å². The highest BCUT2D eigenvalue weighted by molar-refractivity contribution is 6.04. The molecule has 9 nitrogen and oxygen atoms in total. The average Bonchev–Trinajstić information content (AvgIpc) is 3.29. The molecule has 2 N–H and O–H groups in total. The Hall–Kier alpha value is -3.10. The van der Waals surface area contributed by atoms with Gasteiger partial charge in [-0.3, -0.25) is 19.3 Å². The Kier molecular flexibility index (Phi) is 4.89. The fourth-order valence-corrected chi connectivity index (χ4v) is 4.20. The van der Waals surface area contributed by atoms with Crippen LogP contribution in [-0.4, -0.2) is 72.9 Å². The average molecular weight is 400 g/mol. The summed E-state index contributed by atoms with van der Waals surface area (Å²) < 4.78 is 5.19. The van der Waals surface area contributed by atoms with Crippen molar-refractivity contribution in [3.05, 3.63) is 29.8 Å². The number of rotatable bonds is 5. The van der Waals surface area contributed by atoms with Crippen LogP contribution in [0.5, 0.6) is 5.75 Å². The third-order valence-electron chi connectivity index (χ3n) is 6.13. The maximum atomic E-state index is 12.7. The molecule has 1 spiro atoms. The molecule has 2 aliphatic heterocycles. The largest absolute Gasteiger partial charge is 0.497 e. The molecule has 2 saturated heterocycles. The first-order chi connectivity index (χ1) is 13.9. The minimum atomic E-state index is -0.528. The number of nitrogens with one attached hydrogen (secondary N) is 2. The second-order valence-corrected chi connectivity index (χ2v) is 7.85. The molecule has 1 aromatic rings. The van der Waals surface area contributed by atoms with Gasteiger partial charge < -0.3 is 20.3 Å². The first-order valence-corrected chi connectivity index (χ1v) is 9.73. The number of amides is 5. The van der Waals surface area contributed by atoms with Gasteiger partial charge in [-0.2, -0.15) is 0 Å². The number of ether oxygens (including phenoxy) is 1. The van der Waals surface area contributed by atoms with Crippen molar-refractivity contribution >= 4 is 23.8 Å². The Labute approximate surface area is 168 Å². The number of methoxy groups -OCH3 is 1. The summed E-state index contributed by atoms with van der Waals surface area (Å²) in [5.41, 5.74) is 0.618. The van der Waals surface area contributed by atoms with Gasteiger partial charge in [0, 0.05) is 24.7 Å². The molecule has 5 amide bonds. The summed E-state index contributed by atoms with van der Waals surface area (Å²) in [5, 5.41) is 5.34. The number of benzene rings is 1. The number of imide groups is 1. The minimum absolute atomic E-state index is 0.0120. The van der Waals surface area contributed by atoms with Crippen molar-refractivity contribution in [1.29, 1.82) is 0 Å². The van der Waals surface area contributed by atoms with E-state index in [0.717, 1.165) is 24.2 Å². The van der Waals surface area contributed by atoms with Gasteiger partial charge in [-0.1, -0.05) is 6.07 Å². The van der Waals surface area contributed by atoms with Crippen molar-refractivity contribution in [2.45, 2.75) is 25.3 Å². The van der Waals surface area contributed by atoms with Crippen LogP contribution in [0.25, 0.3) is 0 Å². The highest BCUT2D eigenvalue weighted by Crippen LogP contribution is 2.54. The standard InChI is InChI=1S/C20H24N4O5/c1-29-14-4-2-3-13(9-14)18(27)23-7-5-20(6-8-23)10-15(20)22-16(25)12-24-17(26)11-21-19(24)28/h2-4,9,15H,5-8,10-12H2,1H3,(H,21,28)(H,22,25). The molecule has 0 bridgehead atoms. The number of hydrogen-bond donors (Lipinski definition) is 2. The lowest BCUT2D eigenvalue weighted by Crippen LogP contribution is -2.44. The summed E-state index contributed by atoms with van der Waals surface area (Å²) in [7, 11) is 1.57. The number of urea groups is 1. The predicted molar refractivity (Wildman–Crippen MR) is 102 cm³/mol. The summed E-state index contributed by atoms with van der Waals surface area (Å²) in [6.45, 7) is 0.958. The van der Waals surface area contributed by atoms with Gasteiger partial charge >= 0.3 is 6.03 Å². The van der Waals surface area contributed by atoms with Crippen LogP contribution in [0.4, 0.5) is 4.79 Å². The number of hydrogen-bond acceptors (Lipinski definition) is 5. The van der Waals surface area contributed by atoms with Crippen molar-refractivity contribution in [3.63, 3.8) is 0 Å². The lowest BCUT2D eigenvalue weighted by molar-refractivity contribution is -0.130. The van der Waals surface area contributed by atoms with Crippen LogP contribution in [0.15, 0.2) is 24.3 Å². The van der Waals surface area contributed by atoms with Crippen LogP contribution < -0.4 is 15.4 Å². The molecule has 3 aliphatic rings. The number of nitrogens with zero attached hydrogens (tertiary/aromatic N) is 2. The van der Waals surface area contributed by atoms with Gasteiger partial charge in [-0.05, 0) is 42.9 Å². The molecule has 0 aromatic heterocycles. The fourth-order valence-electron chi connectivity index (χ4n) is 4.20. The van der Waals surface area contributed by atoms with Crippen LogP contribution >= 0.6 is 0 Å². The first-order valence-electron chi connectivity index (χ1n) is 9.73. The molecule has 1 aliphatic carbocycles. The van der Waals surface area contributed by atoms with Gasteiger partial charge in [0.05, 0.1) is 13.7 Å².